The quantitative estimate of drug-likeness (QED) is 0.878. The monoisotopic (exact) mass is 347 g/mol. The molecule has 5 heteroatoms. The van der Waals surface area contributed by atoms with Crippen LogP contribution in [-0.4, -0.2) is 37.6 Å². The van der Waals surface area contributed by atoms with Crippen LogP contribution in [0.1, 0.15) is 51.5 Å². The summed E-state index contributed by atoms with van der Waals surface area (Å²) < 4.78 is 16.9. The van der Waals surface area contributed by atoms with Crippen LogP contribution < -0.4 is 10.1 Å². The first-order valence-corrected chi connectivity index (χ1v) is 9.21. The number of carbonyl (C=O) groups excluding carboxylic acids is 1. The summed E-state index contributed by atoms with van der Waals surface area (Å²) in [6.07, 6.45) is 3.00. The van der Waals surface area contributed by atoms with Crippen molar-refractivity contribution < 1.29 is 19.0 Å². The molecule has 1 amide bonds. The molecule has 138 valence electrons. The van der Waals surface area contributed by atoms with Crippen molar-refractivity contribution in [3.05, 3.63) is 29.8 Å². The van der Waals surface area contributed by atoms with E-state index in [1.54, 1.807) is 0 Å². The van der Waals surface area contributed by atoms with Gasteiger partial charge in [-0.3, -0.25) is 0 Å². The van der Waals surface area contributed by atoms with Crippen molar-refractivity contribution in [2.24, 2.45) is 5.92 Å². The van der Waals surface area contributed by atoms with Crippen LogP contribution in [0.15, 0.2) is 24.3 Å². The Morgan fingerprint density at radius 3 is 2.56 bits per heavy atom. The number of hydrogen-bond acceptors (Lipinski definition) is 4. The molecule has 1 aromatic rings. The Morgan fingerprint density at radius 2 is 1.92 bits per heavy atom. The van der Waals surface area contributed by atoms with Crippen molar-refractivity contribution in [1.82, 2.24) is 5.32 Å². The topological polar surface area (TPSA) is 56.8 Å². The maximum absolute atomic E-state index is 12.0. The molecule has 0 radical (unpaired) electrons. The lowest BCUT2D eigenvalue weighted by molar-refractivity contribution is 0.00439. The zero-order valence-corrected chi connectivity index (χ0v) is 15.4. The molecule has 1 aromatic carbocycles. The fourth-order valence-electron chi connectivity index (χ4n) is 3.07. The van der Waals surface area contributed by atoms with E-state index in [-0.39, 0.29) is 18.1 Å². The van der Waals surface area contributed by atoms with E-state index in [1.807, 2.05) is 32.9 Å². The second kappa shape index (κ2) is 7.65. The normalized spacial score (nSPS) is 23.8. The first-order chi connectivity index (χ1) is 11.9. The van der Waals surface area contributed by atoms with Gasteiger partial charge in [0.1, 0.15) is 11.4 Å². The van der Waals surface area contributed by atoms with Crippen LogP contribution in [0.5, 0.6) is 5.75 Å². The molecule has 3 rings (SSSR count). The van der Waals surface area contributed by atoms with Gasteiger partial charge in [0.05, 0.1) is 13.2 Å². The number of nitrogens with one attached hydrogen (secondary N) is 1. The molecule has 0 bridgehead atoms. The number of alkyl carbamates (subject to hydrolysis) is 1. The Labute approximate surface area is 150 Å². The van der Waals surface area contributed by atoms with Gasteiger partial charge in [-0.1, -0.05) is 12.1 Å². The predicted octanol–water partition coefficient (Wildman–Crippen LogP) is 3.87. The summed E-state index contributed by atoms with van der Waals surface area (Å²) in [5.74, 6) is 1.73. The van der Waals surface area contributed by atoms with Gasteiger partial charge in [-0.05, 0) is 63.6 Å². The lowest BCUT2D eigenvalue weighted by atomic mass is 9.97. The molecule has 0 aromatic heterocycles. The number of hydrogen-bond donors (Lipinski definition) is 1. The van der Waals surface area contributed by atoms with Crippen molar-refractivity contribution >= 4 is 6.09 Å². The smallest absolute Gasteiger partial charge is 0.407 e. The third-order valence-electron chi connectivity index (χ3n) is 4.57. The van der Waals surface area contributed by atoms with Gasteiger partial charge in [-0.15, -0.1) is 0 Å². The van der Waals surface area contributed by atoms with E-state index in [2.05, 4.69) is 17.4 Å². The highest BCUT2D eigenvalue weighted by molar-refractivity contribution is 5.68. The molecule has 1 N–H and O–H groups in total. The zero-order chi connectivity index (χ0) is 17.9. The van der Waals surface area contributed by atoms with Crippen LogP contribution >= 0.6 is 0 Å². The summed E-state index contributed by atoms with van der Waals surface area (Å²) in [5.41, 5.74) is 0.905. The van der Waals surface area contributed by atoms with Crippen molar-refractivity contribution in [2.45, 2.75) is 57.6 Å². The maximum atomic E-state index is 12.0. The highest BCUT2D eigenvalue weighted by Gasteiger charge is 2.29. The van der Waals surface area contributed by atoms with Gasteiger partial charge < -0.3 is 19.5 Å². The Morgan fingerprint density at radius 1 is 1.20 bits per heavy atom. The molecule has 1 heterocycles. The van der Waals surface area contributed by atoms with Crippen LogP contribution in [0.4, 0.5) is 4.79 Å². The summed E-state index contributed by atoms with van der Waals surface area (Å²) in [6.45, 7) is 7.34. The second-order valence-electron chi connectivity index (χ2n) is 8.03. The van der Waals surface area contributed by atoms with Gasteiger partial charge in [0.2, 0.25) is 0 Å². The van der Waals surface area contributed by atoms with Crippen molar-refractivity contribution in [1.29, 1.82) is 0 Å². The average Bonchev–Trinajstić information content (AvgIpc) is 3.38. The third kappa shape index (κ3) is 5.63. The number of benzene rings is 1. The number of carbonyl (C=O) groups is 1. The Balaban J connectivity index is 1.51. The Hall–Kier alpha value is -1.75. The molecule has 0 unspecified atom stereocenters. The third-order valence-corrected chi connectivity index (χ3v) is 4.57. The van der Waals surface area contributed by atoms with Crippen molar-refractivity contribution in [2.75, 3.05) is 19.8 Å². The van der Waals surface area contributed by atoms with E-state index in [4.69, 9.17) is 14.2 Å². The van der Waals surface area contributed by atoms with Crippen LogP contribution in [0.3, 0.4) is 0 Å². The van der Waals surface area contributed by atoms with Crippen LogP contribution in [0, 0.1) is 5.92 Å². The number of amides is 1. The van der Waals surface area contributed by atoms with Crippen LogP contribution in [0.25, 0.3) is 0 Å². The fraction of sp³-hybridized carbons (Fsp3) is 0.650. The van der Waals surface area contributed by atoms with Gasteiger partial charge in [-0.25, -0.2) is 4.79 Å². The molecule has 5 nitrogen and oxygen atoms in total. The SMILES string of the molecule is CC(C)(C)OC(=O)N[C@@H]1CCOC[C@H]1COc1ccc(C2CC2)cc1. The van der Waals surface area contributed by atoms with E-state index in [9.17, 15) is 4.79 Å². The zero-order valence-electron chi connectivity index (χ0n) is 15.4. The van der Waals surface area contributed by atoms with Gasteiger partial charge in [0, 0.05) is 18.6 Å². The second-order valence-corrected chi connectivity index (χ2v) is 8.03. The highest BCUT2D eigenvalue weighted by atomic mass is 16.6. The highest BCUT2D eigenvalue weighted by Crippen LogP contribution is 2.40. The molecule has 2 aliphatic rings. The average molecular weight is 347 g/mol. The summed E-state index contributed by atoms with van der Waals surface area (Å²) in [7, 11) is 0. The molecule has 25 heavy (non-hydrogen) atoms. The van der Waals surface area contributed by atoms with Gasteiger partial charge >= 0.3 is 6.09 Å². The van der Waals surface area contributed by atoms with Gasteiger partial charge in [0.25, 0.3) is 0 Å². The fourth-order valence-corrected chi connectivity index (χ4v) is 3.07. The summed E-state index contributed by atoms with van der Waals surface area (Å²) in [6, 6.07) is 8.39. The minimum absolute atomic E-state index is 0.00865. The molecule has 0 spiro atoms. The molecular weight excluding hydrogens is 318 g/mol. The number of rotatable bonds is 5. The predicted molar refractivity (Wildman–Crippen MR) is 96.0 cm³/mol. The summed E-state index contributed by atoms with van der Waals surface area (Å²) in [4.78, 5) is 12.0. The van der Waals surface area contributed by atoms with E-state index in [1.165, 1.54) is 18.4 Å². The molecule has 1 saturated heterocycles. The van der Waals surface area contributed by atoms with Crippen LogP contribution in [0.2, 0.25) is 0 Å². The molecular formula is C20H29NO4. The van der Waals surface area contributed by atoms with Crippen molar-refractivity contribution in [3.8, 4) is 5.75 Å². The first kappa shape index (κ1) is 18.1. The summed E-state index contributed by atoms with van der Waals surface area (Å²) >= 11 is 0. The lowest BCUT2D eigenvalue weighted by Crippen LogP contribution is -2.48. The standard InChI is InChI=1S/C20H29NO4/c1-20(2,3)25-19(22)21-18-10-11-23-12-16(18)13-24-17-8-6-15(7-9-17)14-4-5-14/h6-9,14,16,18H,4-5,10-13H2,1-3H3,(H,21,22)/t16-,18+/m0/s1. The van der Waals surface area contributed by atoms with E-state index in [0.29, 0.717) is 19.8 Å². The molecule has 1 saturated carbocycles. The summed E-state index contributed by atoms with van der Waals surface area (Å²) in [5, 5.41) is 2.97. The van der Waals surface area contributed by atoms with E-state index in [0.717, 1.165) is 18.1 Å². The molecule has 2 fully saturated rings. The van der Waals surface area contributed by atoms with Crippen molar-refractivity contribution in [3.63, 3.8) is 0 Å². The minimum Gasteiger partial charge on any atom is -0.493 e. The Bertz CT molecular complexity index is 574. The number of ether oxygens (including phenoxy) is 3. The lowest BCUT2D eigenvalue weighted by Gasteiger charge is -2.32. The van der Waals surface area contributed by atoms with Gasteiger partial charge in [-0.2, -0.15) is 0 Å². The van der Waals surface area contributed by atoms with Gasteiger partial charge in [0.15, 0.2) is 0 Å². The Kier molecular flexibility index (Phi) is 5.52. The molecule has 1 aliphatic carbocycles. The maximum Gasteiger partial charge on any atom is 0.407 e. The molecule has 1 aliphatic heterocycles. The first-order valence-electron chi connectivity index (χ1n) is 9.21. The largest absolute Gasteiger partial charge is 0.493 e. The molecule has 2 atom stereocenters. The van der Waals surface area contributed by atoms with E-state index >= 15 is 0 Å². The van der Waals surface area contributed by atoms with E-state index < -0.39 is 5.60 Å². The minimum atomic E-state index is -0.495. The van der Waals surface area contributed by atoms with Crippen LogP contribution in [-0.2, 0) is 9.47 Å².